The molecule has 1 aromatic heterocycles. The predicted octanol–water partition coefficient (Wildman–Crippen LogP) is 5.37. The van der Waals surface area contributed by atoms with Crippen LogP contribution in [0.3, 0.4) is 0 Å². The van der Waals surface area contributed by atoms with Crippen LogP contribution in [0.2, 0.25) is 0 Å². The maximum Gasteiger partial charge on any atom is 0.227 e. The first kappa shape index (κ1) is 18.1. The molecule has 1 atom stereocenters. The summed E-state index contributed by atoms with van der Waals surface area (Å²) in [4.78, 5) is 19.6. The molecule has 1 amide bonds. The smallest absolute Gasteiger partial charge is 0.227 e. The first-order chi connectivity index (χ1) is 14.2. The lowest BCUT2D eigenvalue weighted by Crippen LogP contribution is -2.24. The molecule has 2 heterocycles. The maximum absolute atomic E-state index is 12.8. The van der Waals surface area contributed by atoms with E-state index in [-0.39, 0.29) is 11.8 Å². The molecule has 144 valence electrons. The van der Waals surface area contributed by atoms with Crippen LogP contribution in [-0.4, -0.2) is 22.0 Å². The highest BCUT2D eigenvalue weighted by Gasteiger charge is 2.34. The maximum atomic E-state index is 12.8. The molecule has 3 aromatic carbocycles. The lowest BCUT2D eigenvalue weighted by molar-refractivity contribution is -0.117. The molecule has 0 spiro atoms. The normalized spacial score (nSPS) is 16.7. The number of para-hydroxylation sites is 2. The van der Waals surface area contributed by atoms with Gasteiger partial charge in [0, 0.05) is 35.6 Å². The zero-order chi connectivity index (χ0) is 19.8. The first-order valence-electron chi connectivity index (χ1n) is 9.74. The molecular formula is C24H20BrN3O. The molecule has 0 unspecified atom stereocenters. The van der Waals surface area contributed by atoms with E-state index in [1.54, 1.807) is 0 Å². The number of imidazole rings is 1. The fourth-order valence-corrected chi connectivity index (χ4v) is 4.35. The Morgan fingerprint density at radius 2 is 1.66 bits per heavy atom. The molecule has 1 aliphatic rings. The molecule has 1 saturated heterocycles. The van der Waals surface area contributed by atoms with Gasteiger partial charge in [-0.3, -0.25) is 4.79 Å². The molecule has 0 N–H and O–H groups in total. The summed E-state index contributed by atoms with van der Waals surface area (Å²) in [6.07, 6.45) is 0.480. The number of benzene rings is 3. The van der Waals surface area contributed by atoms with E-state index in [1.165, 1.54) is 5.56 Å². The number of hydrogen-bond acceptors (Lipinski definition) is 2. The summed E-state index contributed by atoms with van der Waals surface area (Å²) in [5.41, 5.74) is 4.26. The third kappa shape index (κ3) is 3.47. The SMILES string of the molecule is O=C1C[C@@H](c2nc3ccccc3n2Cc2ccccc2)CN1c1ccc(Br)cc1. The molecule has 4 nitrogen and oxygen atoms in total. The molecule has 1 aliphatic heterocycles. The molecule has 1 fully saturated rings. The number of amides is 1. The minimum Gasteiger partial charge on any atom is -0.323 e. The highest BCUT2D eigenvalue weighted by molar-refractivity contribution is 9.10. The summed E-state index contributed by atoms with van der Waals surface area (Å²) in [7, 11) is 0. The highest BCUT2D eigenvalue weighted by Crippen LogP contribution is 2.34. The van der Waals surface area contributed by atoms with Crippen LogP contribution in [0.1, 0.15) is 23.7 Å². The Bertz CT molecular complexity index is 1170. The van der Waals surface area contributed by atoms with Crippen LogP contribution in [0.5, 0.6) is 0 Å². The fraction of sp³-hybridized carbons (Fsp3) is 0.167. The van der Waals surface area contributed by atoms with E-state index in [0.717, 1.165) is 33.6 Å². The minimum absolute atomic E-state index is 0.0715. The van der Waals surface area contributed by atoms with Crippen LogP contribution in [0.25, 0.3) is 11.0 Å². The number of aromatic nitrogens is 2. The number of carbonyl (C=O) groups is 1. The molecule has 0 aliphatic carbocycles. The van der Waals surface area contributed by atoms with Crippen molar-refractivity contribution in [2.24, 2.45) is 0 Å². The van der Waals surface area contributed by atoms with Crippen molar-refractivity contribution in [3.8, 4) is 0 Å². The number of nitrogens with zero attached hydrogens (tertiary/aromatic N) is 3. The average Bonchev–Trinajstić information content (AvgIpc) is 3.30. The second-order valence-corrected chi connectivity index (χ2v) is 8.33. The van der Waals surface area contributed by atoms with E-state index in [0.29, 0.717) is 13.0 Å². The zero-order valence-electron chi connectivity index (χ0n) is 15.8. The molecule has 29 heavy (non-hydrogen) atoms. The largest absolute Gasteiger partial charge is 0.323 e. The minimum atomic E-state index is 0.0715. The van der Waals surface area contributed by atoms with E-state index < -0.39 is 0 Å². The average molecular weight is 446 g/mol. The lowest BCUT2D eigenvalue weighted by Gasteiger charge is -2.17. The van der Waals surface area contributed by atoms with Crippen molar-refractivity contribution in [1.29, 1.82) is 0 Å². The van der Waals surface area contributed by atoms with Crippen LogP contribution in [-0.2, 0) is 11.3 Å². The van der Waals surface area contributed by atoms with Crippen molar-refractivity contribution in [2.75, 3.05) is 11.4 Å². The second kappa shape index (κ2) is 7.48. The van der Waals surface area contributed by atoms with E-state index in [9.17, 15) is 4.79 Å². The Morgan fingerprint density at radius 3 is 2.45 bits per heavy atom. The fourth-order valence-electron chi connectivity index (χ4n) is 4.09. The van der Waals surface area contributed by atoms with Gasteiger partial charge in [0.2, 0.25) is 5.91 Å². The van der Waals surface area contributed by atoms with Crippen LogP contribution >= 0.6 is 15.9 Å². The Kier molecular flexibility index (Phi) is 4.68. The van der Waals surface area contributed by atoms with Gasteiger partial charge in [0.25, 0.3) is 0 Å². The standard InChI is InChI=1S/C24H20BrN3O/c25-19-10-12-20(13-11-19)27-16-18(14-23(27)29)24-26-21-8-4-5-9-22(21)28(24)15-17-6-2-1-3-7-17/h1-13,18H,14-16H2/t18-/m1/s1. The Balaban J connectivity index is 1.52. The number of fused-ring (bicyclic) bond motifs is 1. The van der Waals surface area contributed by atoms with Gasteiger partial charge in [-0.2, -0.15) is 0 Å². The molecule has 0 radical (unpaired) electrons. The van der Waals surface area contributed by atoms with Gasteiger partial charge < -0.3 is 9.47 Å². The van der Waals surface area contributed by atoms with Crippen molar-refractivity contribution in [1.82, 2.24) is 9.55 Å². The van der Waals surface area contributed by atoms with Gasteiger partial charge in [-0.05, 0) is 42.0 Å². The molecule has 5 heteroatoms. The first-order valence-corrected chi connectivity index (χ1v) is 10.5. The molecule has 0 saturated carbocycles. The number of carbonyl (C=O) groups excluding carboxylic acids is 1. The summed E-state index contributed by atoms with van der Waals surface area (Å²) < 4.78 is 3.28. The molecule has 5 rings (SSSR count). The van der Waals surface area contributed by atoms with E-state index in [4.69, 9.17) is 4.98 Å². The molecule has 0 bridgehead atoms. The van der Waals surface area contributed by atoms with E-state index in [1.807, 2.05) is 53.4 Å². The summed E-state index contributed by atoms with van der Waals surface area (Å²) >= 11 is 3.46. The van der Waals surface area contributed by atoms with Gasteiger partial charge in [0.05, 0.1) is 11.0 Å². The third-order valence-corrected chi connectivity index (χ3v) is 6.02. The third-order valence-electron chi connectivity index (χ3n) is 5.50. The van der Waals surface area contributed by atoms with Gasteiger partial charge in [-0.15, -0.1) is 0 Å². The van der Waals surface area contributed by atoms with Crippen LogP contribution in [0, 0.1) is 0 Å². The Morgan fingerprint density at radius 1 is 0.931 bits per heavy atom. The van der Waals surface area contributed by atoms with Gasteiger partial charge in [0.1, 0.15) is 5.82 Å². The number of rotatable bonds is 4. The monoisotopic (exact) mass is 445 g/mol. The van der Waals surface area contributed by atoms with Crippen LogP contribution in [0.15, 0.2) is 83.3 Å². The molecular weight excluding hydrogens is 426 g/mol. The predicted molar refractivity (Wildman–Crippen MR) is 119 cm³/mol. The van der Waals surface area contributed by atoms with Gasteiger partial charge >= 0.3 is 0 Å². The number of hydrogen-bond donors (Lipinski definition) is 0. The van der Waals surface area contributed by atoms with E-state index >= 15 is 0 Å². The van der Waals surface area contributed by atoms with Gasteiger partial charge in [-0.25, -0.2) is 4.98 Å². The van der Waals surface area contributed by atoms with E-state index in [2.05, 4.69) is 50.8 Å². The zero-order valence-corrected chi connectivity index (χ0v) is 17.4. The topological polar surface area (TPSA) is 38.1 Å². The van der Waals surface area contributed by atoms with Crippen molar-refractivity contribution < 1.29 is 4.79 Å². The van der Waals surface area contributed by atoms with Crippen molar-refractivity contribution >= 4 is 38.6 Å². The van der Waals surface area contributed by atoms with Crippen LogP contribution in [0.4, 0.5) is 5.69 Å². The summed E-state index contributed by atoms with van der Waals surface area (Å²) in [5, 5.41) is 0. The van der Waals surface area contributed by atoms with Crippen molar-refractivity contribution in [3.63, 3.8) is 0 Å². The van der Waals surface area contributed by atoms with Crippen molar-refractivity contribution in [3.05, 3.63) is 94.7 Å². The number of anilines is 1. The number of halogens is 1. The van der Waals surface area contributed by atoms with Gasteiger partial charge in [0.15, 0.2) is 0 Å². The molecule has 4 aromatic rings. The Hall–Kier alpha value is -2.92. The van der Waals surface area contributed by atoms with Crippen molar-refractivity contribution in [2.45, 2.75) is 18.9 Å². The Labute approximate surface area is 177 Å². The summed E-state index contributed by atoms with van der Waals surface area (Å²) in [6, 6.07) is 26.5. The van der Waals surface area contributed by atoms with Gasteiger partial charge in [-0.1, -0.05) is 58.4 Å². The van der Waals surface area contributed by atoms with Crippen LogP contribution < -0.4 is 4.90 Å². The lowest BCUT2D eigenvalue weighted by atomic mass is 10.1. The quantitative estimate of drug-likeness (QED) is 0.423. The highest BCUT2D eigenvalue weighted by atomic mass is 79.9. The second-order valence-electron chi connectivity index (χ2n) is 7.41. The summed E-state index contributed by atoms with van der Waals surface area (Å²) in [6.45, 7) is 1.40. The summed E-state index contributed by atoms with van der Waals surface area (Å²) in [5.74, 6) is 1.21.